The number of rotatable bonds is 4. The lowest BCUT2D eigenvalue weighted by atomic mass is 10.2. The summed E-state index contributed by atoms with van der Waals surface area (Å²) in [6, 6.07) is 0. The van der Waals surface area contributed by atoms with Gasteiger partial charge in [-0.2, -0.15) is 4.98 Å². The number of hydrogen-bond donors (Lipinski definition) is 1. The van der Waals surface area contributed by atoms with Gasteiger partial charge in [0.05, 0.1) is 12.8 Å². The topological polar surface area (TPSA) is 55.2 Å². The van der Waals surface area contributed by atoms with Crippen molar-refractivity contribution in [2.45, 2.75) is 32.1 Å². The lowest BCUT2D eigenvalue weighted by molar-refractivity contribution is 0.287. The molecule has 0 atom stereocenters. The van der Waals surface area contributed by atoms with Crippen LogP contribution < -0.4 is 4.74 Å². The minimum atomic E-state index is 0.183. The predicted octanol–water partition coefficient (Wildman–Crippen LogP) is 0.899. The van der Waals surface area contributed by atoms with Gasteiger partial charge in [-0.15, -0.1) is 0 Å². The zero-order valence-electron chi connectivity index (χ0n) is 8.99. The summed E-state index contributed by atoms with van der Waals surface area (Å²) in [6.07, 6.45) is 4.63. The number of aryl methyl sites for hydroxylation is 2. The molecule has 1 aliphatic carbocycles. The molecule has 0 bridgehead atoms. The molecule has 0 amide bonds. The van der Waals surface area contributed by atoms with Gasteiger partial charge in [-0.3, -0.25) is 0 Å². The standard InChI is InChI=1S/C11H16N2O2/c1-15-11-8-4-2-5-9(8)12-10(13-11)6-3-7-14/h14H,2-7H2,1H3. The molecule has 0 fully saturated rings. The third-order valence-electron chi connectivity index (χ3n) is 2.69. The Morgan fingerprint density at radius 1 is 1.33 bits per heavy atom. The SMILES string of the molecule is COc1nc(CCCO)nc2c1CCC2. The summed E-state index contributed by atoms with van der Waals surface area (Å²) in [5.41, 5.74) is 2.31. The van der Waals surface area contributed by atoms with Gasteiger partial charge in [0.25, 0.3) is 0 Å². The molecular formula is C11H16N2O2. The minimum absolute atomic E-state index is 0.183. The summed E-state index contributed by atoms with van der Waals surface area (Å²) < 4.78 is 5.26. The Balaban J connectivity index is 2.26. The van der Waals surface area contributed by atoms with E-state index in [9.17, 15) is 0 Å². The Bertz CT molecular complexity index is 353. The van der Waals surface area contributed by atoms with E-state index in [-0.39, 0.29) is 6.61 Å². The number of aliphatic hydroxyl groups is 1. The molecule has 0 saturated carbocycles. The van der Waals surface area contributed by atoms with Crippen molar-refractivity contribution in [3.63, 3.8) is 0 Å². The molecule has 1 aromatic rings. The minimum Gasteiger partial charge on any atom is -0.481 e. The van der Waals surface area contributed by atoms with Crippen molar-refractivity contribution in [1.29, 1.82) is 0 Å². The fraction of sp³-hybridized carbons (Fsp3) is 0.636. The summed E-state index contributed by atoms with van der Waals surface area (Å²) >= 11 is 0. The molecule has 0 aliphatic heterocycles. The molecule has 1 aliphatic rings. The second-order valence-electron chi connectivity index (χ2n) is 3.76. The zero-order chi connectivity index (χ0) is 10.7. The number of ether oxygens (including phenoxy) is 1. The van der Waals surface area contributed by atoms with Gasteiger partial charge in [-0.1, -0.05) is 0 Å². The molecule has 4 nitrogen and oxygen atoms in total. The third kappa shape index (κ3) is 2.09. The second-order valence-corrected chi connectivity index (χ2v) is 3.76. The van der Waals surface area contributed by atoms with E-state index in [2.05, 4.69) is 9.97 Å². The van der Waals surface area contributed by atoms with Crippen LogP contribution in [0.3, 0.4) is 0 Å². The smallest absolute Gasteiger partial charge is 0.219 e. The van der Waals surface area contributed by atoms with Gasteiger partial charge in [0.2, 0.25) is 5.88 Å². The van der Waals surface area contributed by atoms with Crippen molar-refractivity contribution in [2.24, 2.45) is 0 Å². The van der Waals surface area contributed by atoms with Crippen molar-refractivity contribution < 1.29 is 9.84 Å². The van der Waals surface area contributed by atoms with Gasteiger partial charge in [0.1, 0.15) is 5.82 Å². The molecule has 1 N–H and O–H groups in total. The summed E-state index contributed by atoms with van der Waals surface area (Å²) in [5, 5.41) is 8.76. The van der Waals surface area contributed by atoms with Gasteiger partial charge in [-0.25, -0.2) is 4.98 Å². The maximum atomic E-state index is 8.76. The summed E-state index contributed by atoms with van der Waals surface area (Å²) in [7, 11) is 1.65. The van der Waals surface area contributed by atoms with Crippen molar-refractivity contribution in [1.82, 2.24) is 9.97 Å². The molecule has 0 saturated heterocycles. The number of methoxy groups -OCH3 is 1. The number of nitrogens with zero attached hydrogens (tertiary/aromatic N) is 2. The molecule has 82 valence electrons. The van der Waals surface area contributed by atoms with Crippen LogP contribution in [0.2, 0.25) is 0 Å². The van der Waals surface area contributed by atoms with E-state index >= 15 is 0 Å². The molecular weight excluding hydrogens is 192 g/mol. The van der Waals surface area contributed by atoms with Crippen LogP contribution in [0, 0.1) is 0 Å². The van der Waals surface area contributed by atoms with E-state index in [0.717, 1.165) is 43.1 Å². The molecule has 1 heterocycles. The first kappa shape index (κ1) is 10.4. The number of aliphatic hydroxyl groups excluding tert-OH is 1. The molecule has 0 radical (unpaired) electrons. The Labute approximate surface area is 89.3 Å². The zero-order valence-corrected chi connectivity index (χ0v) is 8.99. The first-order valence-corrected chi connectivity index (χ1v) is 5.38. The van der Waals surface area contributed by atoms with E-state index in [0.29, 0.717) is 6.42 Å². The van der Waals surface area contributed by atoms with E-state index in [1.54, 1.807) is 7.11 Å². The normalized spacial score (nSPS) is 14.0. The average molecular weight is 208 g/mol. The maximum absolute atomic E-state index is 8.76. The second kappa shape index (κ2) is 4.57. The van der Waals surface area contributed by atoms with Gasteiger partial charge in [0, 0.05) is 18.6 Å². The summed E-state index contributed by atoms with van der Waals surface area (Å²) in [5.74, 6) is 1.52. The largest absolute Gasteiger partial charge is 0.481 e. The average Bonchev–Trinajstić information content (AvgIpc) is 2.73. The maximum Gasteiger partial charge on any atom is 0.219 e. The van der Waals surface area contributed by atoms with Crippen LogP contribution in [0.25, 0.3) is 0 Å². The van der Waals surface area contributed by atoms with Gasteiger partial charge in [0.15, 0.2) is 0 Å². The monoisotopic (exact) mass is 208 g/mol. The van der Waals surface area contributed by atoms with Crippen molar-refractivity contribution >= 4 is 0 Å². The third-order valence-corrected chi connectivity index (χ3v) is 2.69. The Hall–Kier alpha value is -1.16. The van der Waals surface area contributed by atoms with Crippen molar-refractivity contribution in [3.05, 3.63) is 17.1 Å². The fourth-order valence-electron chi connectivity index (χ4n) is 1.96. The first-order chi connectivity index (χ1) is 7.35. The molecule has 1 aromatic heterocycles. The predicted molar refractivity (Wildman–Crippen MR) is 56.0 cm³/mol. The lowest BCUT2D eigenvalue weighted by Crippen LogP contribution is -2.04. The van der Waals surface area contributed by atoms with Crippen LogP contribution in [0.15, 0.2) is 0 Å². The van der Waals surface area contributed by atoms with Crippen LogP contribution in [0.1, 0.15) is 29.9 Å². The van der Waals surface area contributed by atoms with E-state index in [4.69, 9.17) is 9.84 Å². The van der Waals surface area contributed by atoms with Crippen molar-refractivity contribution in [2.75, 3.05) is 13.7 Å². The Kier molecular flexibility index (Phi) is 3.16. The molecule has 4 heteroatoms. The van der Waals surface area contributed by atoms with Gasteiger partial charge in [-0.05, 0) is 25.7 Å². The van der Waals surface area contributed by atoms with E-state index in [1.165, 1.54) is 5.56 Å². The highest BCUT2D eigenvalue weighted by molar-refractivity contribution is 5.34. The molecule has 0 aromatic carbocycles. The summed E-state index contributed by atoms with van der Waals surface area (Å²) in [4.78, 5) is 8.85. The number of aromatic nitrogens is 2. The molecule has 0 unspecified atom stereocenters. The number of hydrogen-bond acceptors (Lipinski definition) is 4. The number of fused-ring (bicyclic) bond motifs is 1. The van der Waals surface area contributed by atoms with Crippen molar-refractivity contribution in [3.8, 4) is 5.88 Å². The summed E-state index contributed by atoms with van der Waals surface area (Å²) in [6.45, 7) is 0.183. The highest BCUT2D eigenvalue weighted by atomic mass is 16.5. The highest BCUT2D eigenvalue weighted by Gasteiger charge is 2.19. The fourth-order valence-corrected chi connectivity index (χ4v) is 1.96. The van der Waals surface area contributed by atoms with Crippen LogP contribution >= 0.6 is 0 Å². The quantitative estimate of drug-likeness (QED) is 0.798. The van der Waals surface area contributed by atoms with E-state index in [1.807, 2.05) is 0 Å². The first-order valence-electron chi connectivity index (χ1n) is 5.38. The van der Waals surface area contributed by atoms with Gasteiger partial charge < -0.3 is 9.84 Å². The van der Waals surface area contributed by atoms with Gasteiger partial charge >= 0.3 is 0 Å². The Morgan fingerprint density at radius 3 is 2.93 bits per heavy atom. The van der Waals surface area contributed by atoms with Crippen LogP contribution in [0.4, 0.5) is 0 Å². The molecule has 2 rings (SSSR count). The van der Waals surface area contributed by atoms with Crippen LogP contribution in [-0.4, -0.2) is 28.8 Å². The molecule has 0 spiro atoms. The highest BCUT2D eigenvalue weighted by Crippen LogP contribution is 2.27. The van der Waals surface area contributed by atoms with Crippen LogP contribution in [0.5, 0.6) is 5.88 Å². The van der Waals surface area contributed by atoms with E-state index < -0.39 is 0 Å². The lowest BCUT2D eigenvalue weighted by Gasteiger charge is -2.08. The molecule has 15 heavy (non-hydrogen) atoms. The Morgan fingerprint density at radius 2 is 2.20 bits per heavy atom. The van der Waals surface area contributed by atoms with Crippen LogP contribution in [-0.2, 0) is 19.3 Å².